The average Bonchev–Trinajstić information content (AvgIpc) is 3.10. The molecule has 144 valence electrons. The van der Waals surface area contributed by atoms with Crippen LogP contribution in [0.5, 0.6) is 0 Å². The Hall–Kier alpha value is -2.88. The summed E-state index contributed by atoms with van der Waals surface area (Å²) in [6.45, 7) is 4.42. The van der Waals surface area contributed by atoms with Crippen LogP contribution in [0.4, 0.5) is 0 Å². The number of carbonyl (C=O) groups excluding carboxylic acids is 1. The van der Waals surface area contributed by atoms with Crippen molar-refractivity contribution in [1.29, 1.82) is 0 Å². The molecule has 0 aliphatic heterocycles. The van der Waals surface area contributed by atoms with Crippen LogP contribution in [0.1, 0.15) is 58.1 Å². The first-order chi connectivity index (χ1) is 13.6. The summed E-state index contributed by atoms with van der Waals surface area (Å²) >= 11 is 0. The maximum atomic E-state index is 12.5. The van der Waals surface area contributed by atoms with Gasteiger partial charge in [-0.2, -0.15) is 5.10 Å². The molecule has 0 saturated heterocycles. The highest BCUT2D eigenvalue weighted by Crippen LogP contribution is 2.33. The molecule has 0 spiro atoms. The van der Waals surface area contributed by atoms with E-state index < -0.39 is 0 Å². The Kier molecular flexibility index (Phi) is 5.29. The van der Waals surface area contributed by atoms with Crippen molar-refractivity contribution >= 4 is 5.97 Å². The van der Waals surface area contributed by atoms with Crippen molar-refractivity contribution in [1.82, 2.24) is 9.78 Å². The molecule has 0 N–H and O–H groups in total. The smallest absolute Gasteiger partial charge is 0.358 e. The molecule has 1 heterocycles. The third-order valence-electron chi connectivity index (χ3n) is 5.57. The molecule has 28 heavy (non-hydrogen) atoms. The topological polar surface area (TPSA) is 44.1 Å². The number of aromatic nitrogens is 2. The summed E-state index contributed by atoms with van der Waals surface area (Å²) in [4.78, 5) is 12.5. The molecule has 1 aliphatic rings. The number of fused-ring (bicyclic) bond motifs is 1. The van der Waals surface area contributed by atoms with E-state index >= 15 is 0 Å². The lowest BCUT2D eigenvalue weighted by molar-refractivity contribution is 0.0483. The number of nitrogens with zero attached hydrogens (tertiary/aromatic N) is 2. The van der Waals surface area contributed by atoms with Gasteiger partial charge in [0.05, 0.1) is 12.3 Å². The van der Waals surface area contributed by atoms with E-state index in [1.54, 1.807) is 10.7 Å². The number of ether oxygens (including phenoxy) is 1. The highest BCUT2D eigenvalue weighted by atomic mass is 16.5. The zero-order valence-corrected chi connectivity index (χ0v) is 16.5. The summed E-state index contributed by atoms with van der Waals surface area (Å²) in [6.07, 6.45) is 4.38. The maximum absolute atomic E-state index is 12.5. The van der Waals surface area contributed by atoms with E-state index in [9.17, 15) is 4.79 Å². The van der Waals surface area contributed by atoms with Crippen LogP contribution in [0.25, 0.3) is 5.69 Å². The van der Waals surface area contributed by atoms with Gasteiger partial charge < -0.3 is 4.74 Å². The van der Waals surface area contributed by atoms with E-state index in [4.69, 9.17) is 4.74 Å². The molecule has 1 atom stereocenters. The van der Waals surface area contributed by atoms with Gasteiger partial charge in [0.25, 0.3) is 0 Å². The number of carbonyl (C=O) groups is 1. The van der Waals surface area contributed by atoms with E-state index in [1.165, 1.54) is 23.1 Å². The molecule has 1 aromatic heterocycles. The summed E-state index contributed by atoms with van der Waals surface area (Å²) in [5.74, 6) is 0.127. The highest BCUT2D eigenvalue weighted by molar-refractivity contribution is 5.87. The van der Waals surface area contributed by atoms with Crippen LogP contribution in [0.2, 0.25) is 0 Å². The summed E-state index contributed by atoms with van der Waals surface area (Å²) in [6, 6.07) is 18.5. The Morgan fingerprint density at radius 3 is 2.75 bits per heavy atom. The first-order valence-corrected chi connectivity index (χ1v) is 10.0. The third kappa shape index (κ3) is 3.86. The van der Waals surface area contributed by atoms with E-state index in [0.717, 1.165) is 30.6 Å². The molecule has 4 rings (SSSR count). The molecule has 0 radical (unpaired) electrons. The monoisotopic (exact) mass is 374 g/mol. The van der Waals surface area contributed by atoms with Crippen LogP contribution in [-0.4, -0.2) is 22.4 Å². The minimum Gasteiger partial charge on any atom is -0.461 e. The predicted molar refractivity (Wildman–Crippen MR) is 110 cm³/mol. The number of aryl methyl sites for hydroxylation is 3. The van der Waals surface area contributed by atoms with Crippen molar-refractivity contribution in [3.63, 3.8) is 0 Å². The van der Waals surface area contributed by atoms with Crippen LogP contribution in [-0.2, 0) is 11.2 Å². The van der Waals surface area contributed by atoms with Crippen molar-refractivity contribution in [3.8, 4) is 5.69 Å². The van der Waals surface area contributed by atoms with E-state index in [2.05, 4.69) is 29.4 Å². The van der Waals surface area contributed by atoms with Gasteiger partial charge in [0.2, 0.25) is 0 Å². The molecule has 1 aliphatic carbocycles. The molecule has 1 unspecified atom stereocenters. The van der Waals surface area contributed by atoms with Crippen molar-refractivity contribution in [3.05, 3.63) is 82.7 Å². The van der Waals surface area contributed by atoms with Crippen LogP contribution in [0.15, 0.2) is 54.6 Å². The molecule has 4 nitrogen and oxygen atoms in total. The number of hydrogen-bond acceptors (Lipinski definition) is 3. The molecule has 0 saturated carbocycles. The zero-order chi connectivity index (χ0) is 19.5. The summed E-state index contributed by atoms with van der Waals surface area (Å²) in [7, 11) is 0. The van der Waals surface area contributed by atoms with Crippen LogP contribution < -0.4 is 0 Å². The SMILES string of the molecule is Cc1ccc(-n2nc(C(=O)OCCC3CCCc4ccccc43)cc2C)cc1. The van der Waals surface area contributed by atoms with Gasteiger partial charge in [-0.15, -0.1) is 0 Å². The molecule has 0 fully saturated rings. The quantitative estimate of drug-likeness (QED) is 0.580. The first-order valence-electron chi connectivity index (χ1n) is 10.0. The van der Waals surface area contributed by atoms with Gasteiger partial charge in [-0.05, 0) is 74.8 Å². The van der Waals surface area contributed by atoms with Crippen LogP contribution >= 0.6 is 0 Å². The lowest BCUT2D eigenvalue weighted by atomic mass is 9.81. The Morgan fingerprint density at radius 2 is 1.93 bits per heavy atom. The van der Waals surface area contributed by atoms with Gasteiger partial charge in [0, 0.05) is 5.69 Å². The first kappa shape index (κ1) is 18.5. The van der Waals surface area contributed by atoms with Crippen molar-refractivity contribution < 1.29 is 9.53 Å². The fraction of sp³-hybridized carbons (Fsp3) is 0.333. The average molecular weight is 374 g/mol. The van der Waals surface area contributed by atoms with Crippen LogP contribution in [0.3, 0.4) is 0 Å². The standard InChI is InChI=1S/C24H26N2O2/c1-17-10-12-21(13-11-17)26-18(2)16-23(25-26)24(27)28-15-14-20-8-5-7-19-6-3-4-9-22(19)20/h3-4,6,9-13,16,20H,5,7-8,14-15H2,1-2H3. The maximum Gasteiger partial charge on any atom is 0.358 e. The fourth-order valence-electron chi connectivity index (χ4n) is 4.04. The normalized spacial score (nSPS) is 15.9. The van der Waals surface area contributed by atoms with E-state index in [-0.39, 0.29) is 5.97 Å². The molecular weight excluding hydrogens is 348 g/mol. The van der Waals surface area contributed by atoms with Crippen molar-refractivity contribution in [2.75, 3.05) is 6.61 Å². The molecule has 0 bridgehead atoms. The largest absolute Gasteiger partial charge is 0.461 e. The van der Waals surface area contributed by atoms with Gasteiger partial charge in [0.1, 0.15) is 0 Å². The number of benzene rings is 2. The minimum atomic E-state index is -0.349. The lowest BCUT2D eigenvalue weighted by Gasteiger charge is -2.25. The third-order valence-corrected chi connectivity index (χ3v) is 5.57. The van der Waals surface area contributed by atoms with Gasteiger partial charge in [-0.25, -0.2) is 9.48 Å². The second-order valence-corrected chi connectivity index (χ2v) is 7.63. The minimum absolute atomic E-state index is 0.349. The van der Waals surface area contributed by atoms with Gasteiger partial charge in [-0.1, -0.05) is 42.0 Å². The molecule has 0 amide bonds. The van der Waals surface area contributed by atoms with Gasteiger partial charge in [0.15, 0.2) is 5.69 Å². The predicted octanol–water partition coefficient (Wildman–Crippen LogP) is 5.16. The van der Waals surface area contributed by atoms with Crippen molar-refractivity contribution in [2.24, 2.45) is 0 Å². The summed E-state index contributed by atoms with van der Waals surface area (Å²) in [5, 5.41) is 4.45. The second-order valence-electron chi connectivity index (χ2n) is 7.63. The lowest BCUT2D eigenvalue weighted by Crippen LogP contribution is -2.14. The molecule has 3 aromatic rings. The van der Waals surface area contributed by atoms with Crippen molar-refractivity contribution in [2.45, 2.75) is 45.4 Å². The molecular formula is C24H26N2O2. The zero-order valence-electron chi connectivity index (χ0n) is 16.5. The van der Waals surface area contributed by atoms with E-state index in [0.29, 0.717) is 18.2 Å². The number of esters is 1. The van der Waals surface area contributed by atoms with Crippen LogP contribution in [0, 0.1) is 13.8 Å². The highest BCUT2D eigenvalue weighted by Gasteiger charge is 2.21. The molecule has 4 heteroatoms. The van der Waals surface area contributed by atoms with Gasteiger partial charge in [-0.3, -0.25) is 0 Å². The Morgan fingerprint density at radius 1 is 1.14 bits per heavy atom. The second kappa shape index (κ2) is 8.01. The number of rotatable bonds is 5. The summed E-state index contributed by atoms with van der Waals surface area (Å²) in [5.41, 5.74) is 6.28. The number of hydrogen-bond donors (Lipinski definition) is 0. The van der Waals surface area contributed by atoms with E-state index in [1.807, 2.05) is 38.1 Å². The Balaban J connectivity index is 1.39. The van der Waals surface area contributed by atoms with Gasteiger partial charge >= 0.3 is 5.97 Å². The fourth-order valence-corrected chi connectivity index (χ4v) is 4.04. The summed E-state index contributed by atoms with van der Waals surface area (Å²) < 4.78 is 7.34. The molecule has 2 aromatic carbocycles. The Labute approximate surface area is 166 Å². The Bertz CT molecular complexity index is 973.